The summed E-state index contributed by atoms with van der Waals surface area (Å²) in [5, 5.41) is 2.74. The van der Waals surface area contributed by atoms with Crippen LogP contribution in [0.3, 0.4) is 0 Å². The van der Waals surface area contributed by atoms with E-state index in [1.807, 2.05) is 17.8 Å². The van der Waals surface area contributed by atoms with Gasteiger partial charge in [-0.05, 0) is 42.5 Å². The third-order valence-corrected chi connectivity index (χ3v) is 4.75. The number of rotatable bonds is 5. The molecule has 146 valence electrons. The van der Waals surface area contributed by atoms with E-state index in [1.165, 1.54) is 13.1 Å². The van der Waals surface area contributed by atoms with E-state index in [0.29, 0.717) is 29.2 Å². The summed E-state index contributed by atoms with van der Waals surface area (Å²) in [7, 11) is 3.32. The Kier molecular flexibility index (Phi) is 4.59. The number of benzene rings is 2. The van der Waals surface area contributed by atoms with Crippen LogP contribution in [-0.4, -0.2) is 39.2 Å². The molecule has 0 unspecified atom stereocenters. The fraction of sp³-hybridized carbons (Fsp3) is 0.143. The van der Waals surface area contributed by atoms with Gasteiger partial charge in [0, 0.05) is 37.7 Å². The SMILES string of the molecule is CN1C(=O)c2ccc(NC(=O)c3ccc(OCc4nccn4C)cc3)cc2C1=O. The lowest BCUT2D eigenvalue weighted by Gasteiger charge is -2.09. The molecule has 3 amide bonds. The number of nitrogens with zero attached hydrogens (tertiary/aromatic N) is 3. The van der Waals surface area contributed by atoms with Gasteiger partial charge in [0.2, 0.25) is 0 Å². The van der Waals surface area contributed by atoms with E-state index in [-0.39, 0.29) is 23.3 Å². The van der Waals surface area contributed by atoms with Gasteiger partial charge in [0.15, 0.2) is 0 Å². The molecule has 1 aliphatic rings. The van der Waals surface area contributed by atoms with Crippen LogP contribution in [0.2, 0.25) is 0 Å². The maximum atomic E-state index is 12.5. The lowest BCUT2D eigenvalue weighted by atomic mass is 10.1. The number of carbonyl (C=O) groups is 3. The molecular formula is C21H18N4O4. The summed E-state index contributed by atoms with van der Waals surface area (Å²) in [5.74, 6) is 0.362. The molecule has 0 saturated carbocycles. The average Bonchev–Trinajstić information content (AvgIpc) is 3.23. The largest absolute Gasteiger partial charge is 0.486 e. The molecule has 8 heteroatoms. The molecule has 1 aromatic heterocycles. The third kappa shape index (κ3) is 3.47. The van der Waals surface area contributed by atoms with Gasteiger partial charge in [0.25, 0.3) is 17.7 Å². The normalized spacial score (nSPS) is 12.8. The first-order chi connectivity index (χ1) is 13.9. The Bertz CT molecular complexity index is 1120. The van der Waals surface area contributed by atoms with Crippen LogP contribution < -0.4 is 10.1 Å². The van der Waals surface area contributed by atoms with Crippen molar-refractivity contribution in [3.8, 4) is 5.75 Å². The summed E-state index contributed by atoms with van der Waals surface area (Å²) in [6.07, 6.45) is 3.54. The molecule has 0 spiro atoms. The van der Waals surface area contributed by atoms with Gasteiger partial charge in [-0.15, -0.1) is 0 Å². The minimum Gasteiger partial charge on any atom is -0.486 e. The molecule has 2 aromatic carbocycles. The minimum atomic E-state index is -0.379. The second-order valence-electron chi connectivity index (χ2n) is 6.65. The molecule has 0 fully saturated rings. The van der Waals surface area contributed by atoms with Crippen molar-refractivity contribution in [3.63, 3.8) is 0 Å². The molecule has 0 atom stereocenters. The summed E-state index contributed by atoms with van der Waals surface area (Å²) in [6.45, 7) is 0.325. The zero-order chi connectivity index (χ0) is 20.5. The number of amides is 3. The number of imidazole rings is 1. The Hall–Kier alpha value is -3.94. The van der Waals surface area contributed by atoms with E-state index in [4.69, 9.17) is 4.74 Å². The topological polar surface area (TPSA) is 93.5 Å². The monoisotopic (exact) mass is 390 g/mol. The van der Waals surface area contributed by atoms with Gasteiger partial charge in [-0.1, -0.05) is 0 Å². The highest BCUT2D eigenvalue weighted by Crippen LogP contribution is 2.25. The lowest BCUT2D eigenvalue weighted by molar-refractivity contribution is 0.0692. The van der Waals surface area contributed by atoms with Crippen molar-refractivity contribution in [3.05, 3.63) is 77.4 Å². The first-order valence-electron chi connectivity index (χ1n) is 8.91. The number of aromatic nitrogens is 2. The number of nitrogens with one attached hydrogen (secondary N) is 1. The smallest absolute Gasteiger partial charge is 0.261 e. The molecular weight excluding hydrogens is 372 g/mol. The molecule has 0 saturated heterocycles. The average molecular weight is 390 g/mol. The highest BCUT2D eigenvalue weighted by atomic mass is 16.5. The Morgan fingerprint density at radius 1 is 1.03 bits per heavy atom. The number of hydrogen-bond donors (Lipinski definition) is 1. The predicted molar refractivity (Wildman–Crippen MR) is 105 cm³/mol. The standard InChI is InChI=1S/C21H18N4O4/c1-24-10-9-22-18(24)12-29-15-6-3-13(4-7-15)19(26)23-14-5-8-16-17(11-14)21(28)25(2)20(16)27/h3-11H,12H2,1-2H3,(H,23,26). The highest BCUT2D eigenvalue weighted by molar-refractivity contribution is 6.21. The van der Waals surface area contributed by atoms with E-state index < -0.39 is 0 Å². The van der Waals surface area contributed by atoms with Crippen LogP contribution >= 0.6 is 0 Å². The molecule has 1 aliphatic heterocycles. The number of anilines is 1. The minimum absolute atomic E-state index is 0.285. The zero-order valence-corrected chi connectivity index (χ0v) is 15.9. The predicted octanol–water partition coefficient (Wildman–Crippen LogP) is 2.48. The van der Waals surface area contributed by atoms with Crippen LogP contribution in [0.5, 0.6) is 5.75 Å². The van der Waals surface area contributed by atoms with Crippen LogP contribution in [0.15, 0.2) is 54.9 Å². The number of carbonyl (C=O) groups excluding carboxylic acids is 3. The summed E-state index contributed by atoms with van der Waals surface area (Å²) >= 11 is 0. The molecule has 29 heavy (non-hydrogen) atoms. The fourth-order valence-electron chi connectivity index (χ4n) is 3.03. The van der Waals surface area contributed by atoms with Crippen LogP contribution in [0.4, 0.5) is 5.69 Å². The van der Waals surface area contributed by atoms with Crippen LogP contribution in [0.25, 0.3) is 0 Å². The second kappa shape index (κ2) is 7.23. The molecule has 4 rings (SSSR count). The summed E-state index contributed by atoms with van der Waals surface area (Å²) in [5.41, 5.74) is 1.51. The van der Waals surface area contributed by atoms with E-state index in [2.05, 4.69) is 10.3 Å². The summed E-state index contributed by atoms with van der Waals surface area (Å²) in [6, 6.07) is 11.4. The van der Waals surface area contributed by atoms with Gasteiger partial charge in [0.1, 0.15) is 18.2 Å². The van der Waals surface area contributed by atoms with Crippen molar-refractivity contribution < 1.29 is 19.1 Å². The van der Waals surface area contributed by atoms with Crippen molar-refractivity contribution in [1.29, 1.82) is 0 Å². The summed E-state index contributed by atoms with van der Waals surface area (Å²) in [4.78, 5) is 41.8. The van der Waals surface area contributed by atoms with Gasteiger partial charge >= 0.3 is 0 Å². The molecule has 0 radical (unpaired) electrons. The Morgan fingerprint density at radius 2 is 1.76 bits per heavy atom. The Labute approximate surface area is 166 Å². The molecule has 1 N–H and O–H groups in total. The van der Waals surface area contributed by atoms with E-state index in [1.54, 1.807) is 42.6 Å². The van der Waals surface area contributed by atoms with Crippen molar-refractivity contribution in [2.24, 2.45) is 7.05 Å². The van der Waals surface area contributed by atoms with E-state index >= 15 is 0 Å². The Balaban J connectivity index is 1.42. The molecule has 3 aromatic rings. The summed E-state index contributed by atoms with van der Waals surface area (Å²) < 4.78 is 7.55. The van der Waals surface area contributed by atoms with Crippen molar-refractivity contribution in [2.75, 3.05) is 12.4 Å². The molecule has 8 nitrogen and oxygen atoms in total. The first-order valence-corrected chi connectivity index (χ1v) is 8.91. The number of hydrogen-bond acceptors (Lipinski definition) is 5. The van der Waals surface area contributed by atoms with Gasteiger partial charge in [-0.2, -0.15) is 0 Å². The van der Waals surface area contributed by atoms with Crippen LogP contribution in [0, 0.1) is 0 Å². The highest BCUT2D eigenvalue weighted by Gasteiger charge is 2.32. The van der Waals surface area contributed by atoms with Crippen molar-refractivity contribution in [2.45, 2.75) is 6.61 Å². The van der Waals surface area contributed by atoms with E-state index in [9.17, 15) is 14.4 Å². The number of fused-ring (bicyclic) bond motifs is 1. The molecule has 0 aliphatic carbocycles. The Morgan fingerprint density at radius 3 is 2.45 bits per heavy atom. The number of imide groups is 1. The molecule has 2 heterocycles. The van der Waals surface area contributed by atoms with Gasteiger partial charge < -0.3 is 14.6 Å². The lowest BCUT2D eigenvalue weighted by Crippen LogP contribution is -2.24. The first kappa shape index (κ1) is 18.4. The molecule has 0 bridgehead atoms. The number of aryl methyl sites for hydroxylation is 1. The van der Waals surface area contributed by atoms with Gasteiger partial charge in [0.05, 0.1) is 11.1 Å². The van der Waals surface area contributed by atoms with Gasteiger partial charge in [-0.25, -0.2) is 4.98 Å². The number of ether oxygens (including phenoxy) is 1. The fourth-order valence-corrected chi connectivity index (χ4v) is 3.03. The third-order valence-electron chi connectivity index (χ3n) is 4.75. The van der Waals surface area contributed by atoms with Crippen molar-refractivity contribution >= 4 is 23.4 Å². The van der Waals surface area contributed by atoms with Crippen LogP contribution in [0.1, 0.15) is 36.9 Å². The maximum absolute atomic E-state index is 12.5. The second-order valence-corrected chi connectivity index (χ2v) is 6.65. The van der Waals surface area contributed by atoms with Gasteiger partial charge in [-0.3, -0.25) is 19.3 Å². The van der Waals surface area contributed by atoms with Crippen LogP contribution in [-0.2, 0) is 13.7 Å². The quantitative estimate of drug-likeness (QED) is 0.676. The zero-order valence-electron chi connectivity index (χ0n) is 15.9. The van der Waals surface area contributed by atoms with Crippen molar-refractivity contribution in [1.82, 2.24) is 14.5 Å². The van der Waals surface area contributed by atoms with E-state index in [0.717, 1.165) is 10.7 Å². The maximum Gasteiger partial charge on any atom is 0.261 e.